The van der Waals surface area contributed by atoms with Crippen LogP contribution in [0.15, 0.2) is 24.5 Å². The monoisotopic (exact) mass is 236 g/mol. The van der Waals surface area contributed by atoms with Crippen molar-refractivity contribution in [1.82, 2.24) is 9.88 Å². The molecule has 1 heterocycles. The van der Waals surface area contributed by atoms with Crippen LogP contribution in [0.4, 0.5) is 0 Å². The summed E-state index contributed by atoms with van der Waals surface area (Å²) in [6.45, 7) is 7.95. The average Bonchev–Trinajstić information content (AvgIpc) is 2.27. The number of aliphatic hydroxyl groups is 1. The van der Waals surface area contributed by atoms with E-state index >= 15 is 0 Å². The summed E-state index contributed by atoms with van der Waals surface area (Å²) in [7, 11) is 2.10. The van der Waals surface area contributed by atoms with Gasteiger partial charge in [-0.1, -0.05) is 13.8 Å². The highest BCUT2D eigenvalue weighted by Crippen LogP contribution is 2.21. The van der Waals surface area contributed by atoms with Crippen molar-refractivity contribution in [2.24, 2.45) is 5.41 Å². The normalized spacial score (nSPS) is 14.0. The van der Waals surface area contributed by atoms with Gasteiger partial charge in [0.1, 0.15) is 0 Å². The van der Waals surface area contributed by atoms with E-state index < -0.39 is 0 Å². The Labute approximate surface area is 104 Å². The lowest BCUT2D eigenvalue weighted by atomic mass is 9.87. The third-order valence-corrected chi connectivity index (χ3v) is 3.34. The number of aliphatic hydroxyl groups excluding tert-OH is 1. The average molecular weight is 236 g/mol. The minimum Gasteiger partial charge on any atom is -0.393 e. The van der Waals surface area contributed by atoms with Crippen molar-refractivity contribution in [1.29, 1.82) is 0 Å². The van der Waals surface area contributed by atoms with E-state index in [4.69, 9.17) is 0 Å². The molecule has 0 radical (unpaired) electrons. The molecular formula is C14H24N2O. The van der Waals surface area contributed by atoms with Crippen LogP contribution in [0.5, 0.6) is 0 Å². The molecule has 0 bridgehead atoms. The van der Waals surface area contributed by atoms with Gasteiger partial charge in [-0.05, 0) is 38.1 Å². The summed E-state index contributed by atoms with van der Waals surface area (Å²) in [5, 5.41) is 9.68. The van der Waals surface area contributed by atoms with E-state index in [1.54, 1.807) is 0 Å². The standard InChI is InChI=1S/C14H24N2O/c1-12(17)14(2,3)11-16(4)10-7-13-5-8-15-9-6-13/h5-6,8-9,12,17H,7,10-11H2,1-4H3. The van der Waals surface area contributed by atoms with Crippen LogP contribution in [0.25, 0.3) is 0 Å². The number of nitrogens with zero attached hydrogens (tertiary/aromatic N) is 2. The summed E-state index contributed by atoms with van der Waals surface area (Å²) in [4.78, 5) is 6.28. The van der Waals surface area contributed by atoms with Gasteiger partial charge < -0.3 is 10.0 Å². The van der Waals surface area contributed by atoms with Gasteiger partial charge in [0.2, 0.25) is 0 Å². The molecule has 1 rings (SSSR count). The minimum absolute atomic E-state index is 0.0625. The van der Waals surface area contributed by atoms with Gasteiger partial charge in [0, 0.05) is 30.9 Å². The highest BCUT2D eigenvalue weighted by Gasteiger charge is 2.25. The van der Waals surface area contributed by atoms with Gasteiger partial charge in [0.15, 0.2) is 0 Å². The molecule has 1 unspecified atom stereocenters. The van der Waals surface area contributed by atoms with E-state index in [9.17, 15) is 5.11 Å². The van der Waals surface area contributed by atoms with Gasteiger partial charge in [-0.3, -0.25) is 4.98 Å². The molecule has 0 aliphatic rings. The maximum absolute atomic E-state index is 9.68. The molecule has 0 fully saturated rings. The molecule has 1 atom stereocenters. The Hall–Kier alpha value is -0.930. The van der Waals surface area contributed by atoms with Crippen LogP contribution in [0.2, 0.25) is 0 Å². The zero-order chi connectivity index (χ0) is 12.9. The van der Waals surface area contributed by atoms with Crippen molar-refractivity contribution >= 4 is 0 Å². The van der Waals surface area contributed by atoms with Crippen molar-refractivity contribution in [3.05, 3.63) is 30.1 Å². The number of hydrogen-bond acceptors (Lipinski definition) is 3. The van der Waals surface area contributed by atoms with E-state index in [1.165, 1.54) is 5.56 Å². The second kappa shape index (κ2) is 6.12. The van der Waals surface area contributed by atoms with Gasteiger partial charge in [0.05, 0.1) is 6.10 Å². The molecule has 1 N–H and O–H groups in total. The number of likely N-dealkylation sites (N-methyl/N-ethyl adjacent to an activating group) is 1. The fraction of sp³-hybridized carbons (Fsp3) is 0.643. The quantitative estimate of drug-likeness (QED) is 0.820. The molecule has 0 spiro atoms. The highest BCUT2D eigenvalue weighted by molar-refractivity contribution is 5.09. The molecule has 0 saturated heterocycles. The smallest absolute Gasteiger partial charge is 0.0575 e. The zero-order valence-corrected chi connectivity index (χ0v) is 11.3. The van der Waals surface area contributed by atoms with Crippen molar-refractivity contribution < 1.29 is 5.11 Å². The SMILES string of the molecule is CC(O)C(C)(C)CN(C)CCc1ccncc1. The second-order valence-corrected chi connectivity index (χ2v) is 5.51. The Balaban J connectivity index is 2.38. The zero-order valence-electron chi connectivity index (χ0n) is 11.3. The van der Waals surface area contributed by atoms with Crippen LogP contribution in [-0.4, -0.2) is 41.2 Å². The van der Waals surface area contributed by atoms with Gasteiger partial charge in [-0.15, -0.1) is 0 Å². The lowest BCUT2D eigenvalue weighted by molar-refractivity contribution is 0.0411. The van der Waals surface area contributed by atoms with E-state index in [0.29, 0.717) is 0 Å². The molecular weight excluding hydrogens is 212 g/mol. The molecule has 3 heteroatoms. The van der Waals surface area contributed by atoms with Crippen molar-refractivity contribution in [2.75, 3.05) is 20.1 Å². The van der Waals surface area contributed by atoms with Gasteiger partial charge >= 0.3 is 0 Å². The van der Waals surface area contributed by atoms with Gasteiger partial charge in [0.25, 0.3) is 0 Å². The van der Waals surface area contributed by atoms with Crippen LogP contribution in [0.1, 0.15) is 26.3 Å². The molecule has 0 aromatic carbocycles. The lowest BCUT2D eigenvalue weighted by Gasteiger charge is -2.32. The molecule has 0 aliphatic heterocycles. The molecule has 96 valence electrons. The second-order valence-electron chi connectivity index (χ2n) is 5.51. The topological polar surface area (TPSA) is 36.4 Å². The fourth-order valence-corrected chi connectivity index (χ4v) is 1.78. The Morgan fingerprint density at radius 1 is 1.35 bits per heavy atom. The predicted octanol–water partition coefficient (Wildman–Crippen LogP) is 1.96. The molecule has 0 saturated carbocycles. The first-order chi connectivity index (χ1) is 7.92. The summed E-state index contributed by atoms with van der Waals surface area (Å²) in [6.07, 6.45) is 4.39. The fourth-order valence-electron chi connectivity index (χ4n) is 1.78. The Bertz CT molecular complexity index is 322. The third-order valence-electron chi connectivity index (χ3n) is 3.34. The summed E-state index contributed by atoms with van der Waals surface area (Å²) in [6, 6.07) is 4.10. The Morgan fingerprint density at radius 3 is 2.47 bits per heavy atom. The first-order valence-electron chi connectivity index (χ1n) is 6.17. The molecule has 1 aromatic rings. The maximum Gasteiger partial charge on any atom is 0.0575 e. The first kappa shape index (κ1) is 14.1. The van der Waals surface area contributed by atoms with Gasteiger partial charge in [-0.2, -0.15) is 0 Å². The van der Waals surface area contributed by atoms with E-state index in [2.05, 4.69) is 30.8 Å². The first-order valence-corrected chi connectivity index (χ1v) is 6.17. The summed E-state index contributed by atoms with van der Waals surface area (Å²) < 4.78 is 0. The van der Waals surface area contributed by atoms with Crippen LogP contribution >= 0.6 is 0 Å². The van der Waals surface area contributed by atoms with Crippen LogP contribution in [0, 0.1) is 5.41 Å². The molecule has 1 aromatic heterocycles. The highest BCUT2D eigenvalue weighted by atomic mass is 16.3. The summed E-state index contributed by atoms with van der Waals surface area (Å²) in [5.41, 5.74) is 1.24. The van der Waals surface area contributed by atoms with E-state index in [0.717, 1.165) is 19.5 Å². The number of hydrogen-bond donors (Lipinski definition) is 1. The summed E-state index contributed by atoms with van der Waals surface area (Å²) in [5.74, 6) is 0. The molecule has 17 heavy (non-hydrogen) atoms. The van der Waals surface area contributed by atoms with Crippen LogP contribution < -0.4 is 0 Å². The van der Waals surface area contributed by atoms with E-state index in [1.807, 2.05) is 31.5 Å². The van der Waals surface area contributed by atoms with Crippen molar-refractivity contribution in [3.63, 3.8) is 0 Å². The van der Waals surface area contributed by atoms with E-state index in [-0.39, 0.29) is 11.5 Å². The number of pyridine rings is 1. The van der Waals surface area contributed by atoms with Gasteiger partial charge in [-0.25, -0.2) is 0 Å². The Kier molecular flexibility index (Phi) is 5.09. The molecule has 3 nitrogen and oxygen atoms in total. The lowest BCUT2D eigenvalue weighted by Crippen LogP contribution is -2.39. The number of aromatic nitrogens is 1. The van der Waals surface area contributed by atoms with Crippen LogP contribution in [0.3, 0.4) is 0 Å². The molecule has 0 amide bonds. The largest absolute Gasteiger partial charge is 0.393 e. The molecule has 0 aliphatic carbocycles. The van der Waals surface area contributed by atoms with Crippen molar-refractivity contribution in [3.8, 4) is 0 Å². The summed E-state index contributed by atoms with van der Waals surface area (Å²) >= 11 is 0. The third kappa shape index (κ3) is 4.84. The van der Waals surface area contributed by atoms with Crippen LogP contribution in [-0.2, 0) is 6.42 Å². The van der Waals surface area contributed by atoms with Crippen molar-refractivity contribution in [2.45, 2.75) is 33.3 Å². The predicted molar refractivity (Wildman–Crippen MR) is 70.9 cm³/mol. The Morgan fingerprint density at radius 2 is 1.94 bits per heavy atom. The number of rotatable bonds is 6. The maximum atomic E-state index is 9.68. The minimum atomic E-state index is -0.286.